The first kappa shape index (κ1) is 23.5. The van der Waals surface area contributed by atoms with Crippen LogP contribution in [0.15, 0.2) is 53.0 Å². The highest BCUT2D eigenvalue weighted by molar-refractivity contribution is 6.38. The average Bonchev–Trinajstić information content (AvgIpc) is 3.18. The fourth-order valence-corrected chi connectivity index (χ4v) is 4.34. The van der Waals surface area contributed by atoms with Crippen molar-refractivity contribution in [1.82, 2.24) is 4.98 Å². The highest BCUT2D eigenvalue weighted by Crippen LogP contribution is 2.34. The van der Waals surface area contributed by atoms with Gasteiger partial charge >= 0.3 is 0 Å². The first-order valence-electron chi connectivity index (χ1n) is 9.64. The number of amides is 1. The Balaban J connectivity index is 1.60. The van der Waals surface area contributed by atoms with Crippen molar-refractivity contribution < 1.29 is 13.9 Å². The molecule has 1 N–H and O–H groups in total. The maximum atomic E-state index is 12.6. The van der Waals surface area contributed by atoms with Crippen molar-refractivity contribution in [2.24, 2.45) is 0 Å². The quantitative estimate of drug-likeness (QED) is 0.269. The Hall–Kier alpha value is -2.70. The number of halogens is 4. The summed E-state index contributed by atoms with van der Waals surface area (Å²) < 4.78 is 11.1. The minimum absolute atomic E-state index is 0.346. The van der Waals surface area contributed by atoms with E-state index in [1.165, 1.54) is 13.2 Å². The van der Waals surface area contributed by atoms with Gasteiger partial charge in [-0.05, 0) is 55.0 Å². The lowest BCUT2D eigenvalue weighted by molar-refractivity contribution is -0.111. The standard InChI is InChI=1S/C24H16Cl4N2O3/c1-12-3-4-14(24-30-20-11-16(26)10-18(28)23(20)33-24)8-19(12)29-21(31)6-5-13-7-15(25)9-17(27)22(13)32-2/h3-11H,1-2H3,(H,29,31)/b6-5+. The number of methoxy groups -OCH3 is 1. The molecule has 4 aromatic rings. The van der Waals surface area contributed by atoms with E-state index < -0.39 is 0 Å². The molecule has 33 heavy (non-hydrogen) atoms. The Morgan fingerprint density at radius 3 is 2.52 bits per heavy atom. The Morgan fingerprint density at radius 1 is 1.03 bits per heavy atom. The van der Waals surface area contributed by atoms with Crippen molar-refractivity contribution in [3.63, 3.8) is 0 Å². The van der Waals surface area contributed by atoms with Crippen LogP contribution < -0.4 is 10.1 Å². The Bertz CT molecular complexity index is 1410. The zero-order chi connectivity index (χ0) is 23.7. The molecule has 0 saturated heterocycles. The van der Waals surface area contributed by atoms with Crippen LogP contribution in [0, 0.1) is 6.92 Å². The number of oxazole rings is 1. The van der Waals surface area contributed by atoms with E-state index in [1.807, 2.05) is 19.1 Å². The van der Waals surface area contributed by atoms with E-state index in [-0.39, 0.29) is 5.91 Å². The Morgan fingerprint density at radius 2 is 1.76 bits per heavy atom. The number of hydrogen-bond donors (Lipinski definition) is 1. The highest BCUT2D eigenvalue weighted by atomic mass is 35.5. The van der Waals surface area contributed by atoms with Gasteiger partial charge in [0.1, 0.15) is 11.3 Å². The van der Waals surface area contributed by atoms with Gasteiger partial charge in [-0.1, -0.05) is 52.5 Å². The highest BCUT2D eigenvalue weighted by Gasteiger charge is 2.14. The van der Waals surface area contributed by atoms with Crippen LogP contribution in [-0.2, 0) is 4.79 Å². The SMILES string of the molecule is COc1c(Cl)cc(Cl)cc1/C=C/C(=O)Nc1cc(-c2nc3cc(Cl)cc(Cl)c3o2)ccc1C. The molecule has 0 bridgehead atoms. The van der Waals surface area contributed by atoms with Gasteiger partial charge in [0.2, 0.25) is 11.8 Å². The van der Waals surface area contributed by atoms with Gasteiger partial charge in [0, 0.05) is 32.9 Å². The van der Waals surface area contributed by atoms with Crippen LogP contribution in [0.1, 0.15) is 11.1 Å². The molecule has 4 rings (SSSR count). The van der Waals surface area contributed by atoms with E-state index in [0.717, 1.165) is 5.56 Å². The molecule has 0 unspecified atom stereocenters. The average molecular weight is 522 g/mol. The predicted molar refractivity (Wildman–Crippen MR) is 135 cm³/mol. The summed E-state index contributed by atoms with van der Waals surface area (Å²) in [6.45, 7) is 1.88. The molecule has 0 spiro atoms. The lowest BCUT2D eigenvalue weighted by Crippen LogP contribution is -2.09. The van der Waals surface area contributed by atoms with Crippen LogP contribution >= 0.6 is 46.4 Å². The Labute approximate surface area is 209 Å². The summed E-state index contributed by atoms with van der Waals surface area (Å²) in [6.07, 6.45) is 2.95. The summed E-state index contributed by atoms with van der Waals surface area (Å²) in [5.74, 6) is 0.442. The number of nitrogens with zero attached hydrogens (tertiary/aromatic N) is 1. The molecule has 3 aromatic carbocycles. The topological polar surface area (TPSA) is 64.4 Å². The van der Waals surface area contributed by atoms with Gasteiger partial charge in [-0.25, -0.2) is 4.98 Å². The van der Waals surface area contributed by atoms with E-state index >= 15 is 0 Å². The second-order valence-corrected chi connectivity index (χ2v) is 8.80. The van der Waals surface area contributed by atoms with E-state index in [0.29, 0.717) is 59.6 Å². The molecule has 0 aliphatic carbocycles. The predicted octanol–water partition coefficient (Wildman–Crippen LogP) is 8.08. The summed E-state index contributed by atoms with van der Waals surface area (Å²) >= 11 is 24.5. The van der Waals surface area contributed by atoms with Gasteiger partial charge in [-0.3, -0.25) is 4.79 Å². The second kappa shape index (κ2) is 9.65. The third-order valence-electron chi connectivity index (χ3n) is 4.81. The molecule has 0 aliphatic heterocycles. The summed E-state index contributed by atoms with van der Waals surface area (Å²) in [4.78, 5) is 17.1. The zero-order valence-electron chi connectivity index (χ0n) is 17.4. The molecule has 0 radical (unpaired) electrons. The molecule has 0 fully saturated rings. The smallest absolute Gasteiger partial charge is 0.248 e. The maximum Gasteiger partial charge on any atom is 0.248 e. The minimum Gasteiger partial charge on any atom is -0.495 e. The van der Waals surface area contributed by atoms with E-state index in [1.54, 1.807) is 36.4 Å². The number of carbonyl (C=O) groups excluding carboxylic acids is 1. The molecule has 1 amide bonds. The van der Waals surface area contributed by atoms with Gasteiger partial charge in [-0.2, -0.15) is 0 Å². The lowest BCUT2D eigenvalue weighted by Gasteiger charge is -2.09. The molecular formula is C24H16Cl4N2O3. The third-order valence-corrected chi connectivity index (χ3v) is 5.81. The molecule has 0 atom stereocenters. The molecule has 168 valence electrons. The summed E-state index contributed by atoms with van der Waals surface area (Å²) in [6, 6.07) is 12.0. The number of ether oxygens (including phenoxy) is 1. The number of hydrogen-bond acceptors (Lipinski definition) is 4. The van der Waals surface area contributed by atoms with E-state index in [9.17, 15) is 4.79 Å². The maximum absolute atomic E-state index is 12.6. The number of nitrogens with one attached hydrogen (secondary N) is 1. The van der Waals surface area contributed by atoms with Gasteiger partial charge < -0.3 is 14.5 Å². The number of aryl methyl sites for hydroxylation is 1. The van der Waals surface area contributed by atoms with Crippen LogP contribution in [0.3, 0.4) is 0 Å². The first-order chi connectivity index (χ1) is 15.7. The normalized spacial score (nSPS) is 11.3. The number of anilines is 1. The largest absolute Gasteiger partial charge is 0.495 e. The van der Waals surface area contributed by atoms with Crippen molar-refractivity contribution in [1.29, 1.82) is 0 Å². The molecule has 1 heterocycles. The van der Waals surface area contributed by atoms with Gasteiger partial charge in [0.25, 0.3) is 0 Å². The van der Waals surface area contributed by atoms with Crippen molar-refractivity contribution in [2.75, 3.05) is 12.4 Å². The van der Waals surface area contributed by atoms with Crippen molar-refractivity contribution >= 4 is 75.2 Å². The number of carbonyl (C=O) groups is 1. The van der Waals surface area contributed by atoms with Crippen LogP contribution in [-0.4, -0.2) is 18.0 Å². The van der Waals surface area contributed by atoms with Crippen LogP contribution in [0.4, 0.5) is 5.69 Å². The second-order valence-electron chi connectivity index (χ2n) is 7.12. The number of aromatic nitrogens is 1. The van der Waals surface area contributed by atoms with Gasteiger partial charge in [-0.15, -0.1) is 0 Å². The summed E-state index contributed by atoms with van der Waals surface area (Å²) in [5.41, 5.74) is 3.71. The van der Waals surface area contributed by atoms with Crippen LogP contribution in [0.25, 0.3) is 28.6 Å². The zero-order valence-corrected chi connectivity index (χ0v) is 20.4. The fourth-order valence-electron chi connectivity index (χ4n) is 3.23. The summed E-state index contributed by atoms with van der Waals surface area (Å²) in [5, 5.41) is 4.49. The molecule has 5 nitrogen and oxygen atoms in total. The number of rotatable bonds is 5. The summed E-state index contributed by atoms with van der Waals surface area (Å²) in [7, 11) is 1.49. The van der Waals surface area contributed by atoms with E-state index in [4.69, 9.17) is 55.6 Å². The minimum atomic E-state index is -0.346. The van der Waals surface area contributed by atoms with Gasteiger partial charge in [0.15, 0.2) is 5.58 Å². The first-order valence-corrected chi connectivity index (χ1v) is 11.1. The molecule has 0 aliphatic rings. The fraction of sp³-hybridized carbons (Fsp3) is 0.0833. The monoisotopic (exact) mass is 520 g/mol. The van der Waals surface area contributed by atoms with Crippen molar-refractivity contribution in [3.05, 3.63) is 79.8 Å². The van der Waals surface area contributed by atoms with Crippen LogP contribution in [0.2, 0.25) is 20.1 Å². The molecule has 1 aromatic heterocycles. The number of fused-ring (bicyclic) bond motifs is 1. The van der Waals surface area contributed by atoms with Crippen LogP contribution in [0.5, 0.6) is 5.75 Å². The van der Waals surface area contributed by atoms with Gasteiger partial charge in [0.05, 0.1) is 17.2 Å². The van der Waals surface area contributed by atoms with Crippen molar-refractivity contribution in [3.8, 4) is 17.2 Å². The lowest BCUT2D eigenvalue weighted by atomic mass is 10.1. The van der Waals surface area contributed by atoms with E-state index in [2.05, 4.69) is 10.3 Å². The third kappa shape index (κ3) is 5.12. The molecular weight excluding hydrogens is 506 g/mol. The Kier molecular flexibility index (Phi) is 6.86. The molecule has 9 heteroatoms. The number of benzene rings is 3. The van der Waals surface area contributed by atoms with Crippen molar-refractivity contribution in [2.45, 2.75) is 6.92 Å². The molecule has 0 saturated carbocycles.